The minimum Gasteiger partial charge on any atom is -0.317 e. The highest BCUT2D eigenvalue weighted by Crippen LogP contribution is 2.29. The molecule has 1 rings (SSSR count). The standard InChI is InChI=1S/C13H28N2/c1-4-9-15(11-13-7-8-13)10-5-6-12(2)14-3/h12-14H,4-11H2,1-3H3. The molecule has 1 saturated carbocycles. The van der Waals surface area contributed by atoms with Crippen molar-refractivity contribution in [3.63, 3.8) is 0 Å². The zero-order chi connectivity index (χ0) is 11.1. The zero-order valence-electron chi connectivity index (χ0n) is 10.8. The molecule has 0 radical (unpaired) electrons. The molecule has 1 aliphatic rings. The molecule has 2 nitrogen and oxygen atoms in total. The smallest absolute Gasteiger partial charge is 0.00362 e. The maximum absolute atomic E-state index is 3.31. The second-order valence-electron chi connectivity index (χ2n) is 5.08. The van der Waals surface area contributed by atoms with Gasteiger partial charge in [-0.05, 0) is 65.1 Å². The molecule has 1 aliphatic carbocycles. The molecule has 1 fully saturated rings. The maximum Gasteiger partial charge on any atom is 0.00362 e. The summed E-state index contributed by atoms with van der Waals surface area (Å²) in [5.74, 6) is 1.04. The minimum absolute atomic E-state index is 0.675. The Bertz CT molecular complexity index is 155. The SMILES string of the molecule is CCCN(CCCC(C)NC)CC1CC1. The Morgan fingerprint density at radius 2 is 2.07 bits per heavy atom. The summed E-state index contributed by atoms with van der Waals surface area (Å²) in [6.45, 7) is 8.52. The molecule has 0 spiro atoms. The van der Waals surface area contributed by atoms with Gasteiger partial charge in [-0.3, -0.25) is 0 Å². The van der Waals surface area contributed by atoms with E-state index in [1.54, 1.807) is 0 Å². The van der Waals surface area contributed by atoms with Gasteiger partial charge in [-0.1, -0.05) is 6.92 Å². The minimum atomic E-state index is 0.675. The van der Waals surface area contributed by atoms with Crippen LogP contribution in [0, 0.1) is 5.92 Å². The quantitative estimate of drug-likeness (QED) is 0.632. The van der Waals surface area contributed by atoms with Gasteiger partial charge in [-0.15, -0.1) is 0 Å². The van der Waals surface area contributed by atoms with Gasteiger partial charge in [0.05, 0.1) is 0 Å². The van der Waals surface area contributed by atoms with Gasteiger partial charge in [0.1, 0.15) is 0 Å². The van der Waals surface area contributed by atoms with Crippen molar-refractivity contribution in [3.05, 3.63) is 0 Å². The summed E-state index contributed by atoms with van der Waals surface area (Å²) in [6.07, 6.45) is 6.91. The average Bonchev–Trinajstić information content (AvgIpc) is 3.01. The number of hydrogen-bond donors (Lipinski definition) is 1. The molecule has 0 aromatic carbocycles. The molecule has 0 aromatic rings. The van der Waals surface area contributed by atoms with Crippen LogP contribution in [0.15, 0.2) is 0 Å². The Kier molecular flexibility index (Phi) is 6.26. The first kappa shape index (κ1) is 13.0. The Morgan fingerprint density at radius 1 is 1.33 bits per heavy atom. The predicted octanol–water partition coefficient (Wildman–Crippen LogP) is 2.50. The van der Waals surface area contributed by atoms with Gasteiger partial charge in [0, 0.05) is 12.6 Å². The van der Waals surface area contributed by atoms with Crippen molar-refractivity contribution in [2.45, 2.75) is 52.0 Å². The number of hydrogen-bond acceptors (Lipinski definition) is 2. The molecule has 0 aromatic heterocycles. The Hall–Kier alpha value is -0.0800. The highest BCUT2D eigenvalue weighted by Gasteiger charge is 2.23. The van der Waals surface area contributed by atoms with E-state index in [0.717, 1.165) is 5.92 Å². The van der Waals surface area contributed by atoms with Gasteiger partial charge < -0.3 is 10.2 Å². The highest BCUT2D eigenvalue weighted by atomic mass is 15.1. The molecule has 1 unspecified atom stereocenters. The second kappa shape index (κ2) is 7.24. The molecule has 1 atom stereocenters. The topological polar surface area (TPSA) is 15.3 Å². The number of rotatable bonds is 9. The van der Waals surface area contributed by atoms with Crippen molar-refractivity contribution in [2.24, 2.45) is 5.92 Å². The predicted molar refractivity (Wildman–Crippen MR) is 67.2 cm³/mol. The third-order valence-corrected chi connectivity index (χ3v) is 3.36. The van der Waals surface area contributed by atoms with E-state index >= 15 is 0 Å². The fourth-order valence-electron chi connectivity index (χ4n) is 2.04. The van der Waals surface area contributed by atoms with Gasteiger partial charge in [-0.25, -0.2) is 0 Å². The lowest BCUT2D eigenvalue weighted by molar-refractivity contribution is 0.254. The van der Waals surface area contributed by atoms with Crippen LogP contribution in [-0.2, 0) is 0 Å². The van der Waals surface area contributed by atoms with Crippen LogP contribution in [0.2, 0.25) is 0 Å². The normalized spacial score (nSPS) is 18.4. The lowest BCUT2D eigenvalue weighted by atomic mass is 10.1. The fourth-order valence-corrected chi connectivity index (χ4v) is 2.04. The molecular weight excluding hydrogens is 184 g/mol. The Morgan fingerprint density at radius 3 is 2.60 bits per heavy atom. The van der Waals surface area contributed by atoms with Crippen molar-refractivity contribution in [2.75, 3.05) is 26.7 Å². The second-order valence-corrected chi connectivity index (χ2v) is 5.08. The molecule has 0 saturated heterocycles. The Balaban J connectivity index is 2.07. The largest absolute Gasteiger partial charge is 0.317 e. The molecular formula is C13H28N2. The van der Waals surface area contributed by atoms with E-state index in [9.17, 15) is 0 Å². The van der Waals surface area contributed by atoms with Gasteiger partial charge in [0.25, 0.3) is 0 Å². The zero-order valence-corrected chi connectivity index (χ0v) is 10.8. The van der Waals surface area contributed by atoms with Gasteiger partial charge >= 0.3 is 0 Å². The van der Waals surface area contributed by atoms with Crippen molar-refractivity contribution < 1.29 is 0 Å². The van der Waals surface area contributed by atoms with Crippen LogP contribution in [0.3, 0.4) is 0 Å². The summed E-state index contributed by atoms with van der Waals surface area (Å²) in [4.78, 5) is 2.67. The number of nitrogens with zero attached hydrogens (tertiary/aromatic N) is 1. The summed E-state index contributed by atoms with van der Waals surface area (Å²) in [5, 5.41) is 3.31. The van der Waals surface area contributed by atoms with E-state index in [-0.39, 0.29) is 0 Å². The van der Waals surface area contributed by atoms with Gasteiger partial charge in [0.2, 0.25) is 0 Å². The highest BCUT2D eigenvalue weighted by molar-refractivity contribution is 4.77. The first-order valence-corrected chi connectivity index (χ1v) is 6.65. The lowest BCUT2D eigenvalue weighted by Gasteiger charge is -2.22. The third kappa shape index (κ3) is 6.16. The van der Waals surface area contributed by atoms with Crippen LogP contribution in [0.5, 0.6) is 0 Å². The molecule has 1 N–H and O–H groups in total. The van der Waals surface area contributed by atoms with Gasteiger partial charge in [-0.2, -0.15) is 0 Å². The van der Waals surface area contributed by atoms with E-state index in [2.05, 4.69) is 31.1 Å². The van der Waals surface area contributed by atoms with Crippen LogP contribution in [0.1, 0.15) is 46.0 Å². The van der Waals surface area contributed by atoms with Crippen LogP contribution >= 0.6 is 0 Å². The summed E-state index contributed by atoms with van der Waals surface area (Å²) in [6, 6.07) is 0.675. The van der Waals surface area contributed by atoms with Crippen LogP contribution in [-0.4, -0.2) is 37.6 Å². The van der Waals surface area contributed by atoms with Crippen LogP contribution in [0.4, 0.5) is 0 Å². The monoisotopic (exact) mass is 212 g/mol. The van der Waals surface area contributed by atoms with Crippen LogP contribution in [0.25, 0.3) is 0 Å². The summed E-state index contributed by atoms with van der Waals surface area (Å²) in [7, 11) is 2.05. The van der Waals surface area contributed by atoms with E-state index in [4.69, 9.17) is 0 Å². The molecule has 15 heavy (non-hydrogen) atoms. The van der Waals surface area contributed by atoms with Crippen molar-refractivity contribution in [1.82, 2.24) is 10.2 Å². The third-order valence-electron chi connectivity index (χ3n) is 3.36. The van der Waals surface area contributed by atoms with Crippen molar-refractivity contribution in [3.8, 4) is 0 Å². The van der Waals surface area contributed by atoms with Crippen molar-refractivity contribution >= 4 is 0 Å². The summed E-state index contributed by atoms with van der Waals surface area (Å²) in [5.41, 5.74) is 0. The van der Waals surface area contributed by atoms with Crippen LogP contribution < -0.4 is 5.32 Å². The lowest BCUT2D eigenvalue weighted by Crippen LogP contribution is -2.29. The van der Waals surface area contributed by atoms with E-state index in [1.807, 2.05) is 0 Å². The molecule has 0 heterocycles. The van der Waals surface area contributed by atoms with E-state index in [1.165, 1.54) is 51.7 Å². The fraction of sp³-hybridized carbons (Fsp3) is 1.00. The molecule has 0 aliphatic heterocycles. The Labute approximate surface area is 95.4 Å². The molecule has 90 valence electrons. The maximum atomic E-state index is 3.31. The summed E-state index contributed by atoms with van der Waals surface area (Å²) < 4.78 is 0. The summed E-state index contributed by atoms with van der Waals surface area (Å²) >= 11 is 0. The molecule has 2 heteroatoms. The number of nitrogens with one attached hydrogen (secondary N) is 1. The first-order valence-electron chi connectivity index (χ1n) is 6.65. The van der Waals surface area contributed by atoms with E-state index < -0.39 is 0 Å². The van der Waals surface area contributed by atoms with E-state index in [0.29, 0.717) is 6.04 Å². The van der Waals surface area contributed by atoms with Gasteiger partial charge in [0.15, 0.2) is 0 Å². The van der Waals surface area contributed by atoms with Crippen molar-refractivity contribution in [1.29, 1.82) is 0 Å². The average molecular weight is 212 g/mol. The molecule has 0 amide bonds. The molecule has 0 bridgehead atoms. The first-order chi connectivity index (χ1) is 7.26.